The van der Waals surface area contributed by atoms with Gasteiger partial charge in [-0.3, -0.25) is 0 Å². The highest BCUT2D eigenvalue weighted by Gasteiger charge is 2.21. The second-order valence-electron chi connectivity index (χ2n) is 12.1. The van der Waals surface area contributed by atoms with Gasteiger partial charge in [-0.2, -0.15) is 0 Å². The summed E-state index contributed by atoms with van der Waals surface area (Å²) < 4.78 is 28.3. The van der Waals surface area contributed by atoms with E-state index in [1.165, 1.54) is 5.28 Å². The van der Waals surface area contributed by atoms with E-state index in [2.05, 4.69) is 34.8 Å². The number of unbranched alkanes of at least 4 members (excludes halogenated alkanes) is 2. The second kappa shape index (κ2) is 15.7. The molecular formula is C39H41N3O6. The molecule has 0 radical (unpaired) electrons. The third-order valence-corrected chi connectivity index (χ3v) is 8.29. The SMILES string of the molecule is C1=NN(Oc2ccc(-c3ccc(OCCCCC4CO4)cc3)cc2)NC(Oc2ccc(-c3ccc(OCCCCC4CO4)cc3)cc2)=C1. The Hall–Kier alpha value is -4.99. The summed E-state index contributed by atoms with van der Waals surface area (Å²) in [6.07, 6.45) is 11.0. The molecule has 2 atom stereocenters. The van der Waals surface area contributed by atoms with E-state index in [0.717, 1.165) is 98.7 Å². The van der Waals surface area contributed by atoms with Crippen LogP contribution in [-0.2, 0) is 9.47 Å². The highest BCUT2D eigenvalue weighted by Crippen LogP contribution is 2.27. The van der Waals surface area contributed by atoms with Crippen molar-refractivity contribution in [3.8, 4) is 45.3 Å². The number of nitrogens with zero attached hydrogens (tertiary/aromatic N) is 2. The lowest BCUT2D eigenvalue weighted by Crippen LogP contribution is -2.39. The van der Waals surface area contributed by atoms with Crippen LogP contribution in [0.3, 0.4) is 0 Å². The first-order valence-corrected chi connectivity index (χ1v) is 16.8. The van der Waals surface area contributed by atoms with Crippen molar-refractivity contribution in [3.05, 3.63) is 109 Å². The van der Waals surface area contributed by atoms with Crippen LogP contribution >= 0.6 is 0 Å². The first kappa shape index (κ1) is 31.6. The number of rotatable bonds is 18. The molecule has 2 unspecified atom stereocenters. The minimum absolute atomic E-state index is 0.486. The Morgan fingerprint density at radius 2 is 1.02 bits per heavy atom. The Balaban J connectivity index is 0.839. The lowest BCUT2D eigenvalue weighted by atomic mass is 10.1. The Labute approximate surface area is 281 Å². The Morgan fingerprint density at radius 3 is 1.48 bits per heavy atom. The van der Waals surface area contributed by atoms with Gasteiger partial charge in [-0.05, 0) is 115 Å². The quantitative estimate of drug-likeness (QED) is 0.0860. The van der Waals surface area contributed by atoms with Gasteiger partial charge in [-0.25, -0.2) is 5.43 Å². The molecule has 4 aromatic rings. The van der Waals surface area contributed by atoms with Gasteiger partial charge < -0.3 is 28.5 Å². The molecule has 0 aliphatic carbocycles. The van der Waals surface area contributed by atoms with Gasteiger partial charge >= 0.3 is 0 Å². The first-order chi connectivity index (χ1) is 23.7. The number of benzene rings is 4. The summed E-state index contributed by atoms with van der Waals surface area (Å²) >= 11 is 0. The Kier molecular flexibility index (Phi) is 10.4. The molecule has 2 fully saturated rings. The van der Waals surface area contributed by atoms with E-state index in [4.69, 9.17) is 28.5 Å². The molecule has 0 aromatic heterocycles. The number of hydrazine groups is 1. The summed E-state index contributed by atoms with van der Waals surface area (Å²) in [7, 11) is 0. The molecule has 1 N–H and O–H groups in total. The molecule has 2 saturated heterocycles. The average Bonchev–Trinajstić information content (AvgIpc) is 4.07. The van der Waals surface area contributed by atoms with E-state index >= 15 is 0 Å². The van der Waals surface area contributed by atoms with Gasteiger partial charge in [0, 0.05) is 6.08 Å². The lowest BCUT2D eigenvalue weighted by Gasteiger charge is -2.23. The van der Waals surface area contributed by atoms with E-state index in [1.54, 1.807) is 12.3 Å². The number of hydrogen-bond donors (Lipinski definition) is 1. The van der Waals surface area contributed by atoms with E-state index in [0.29, 0.717) is 29.6 Å². The highest BCUT2D eigenvalue weighted by atomic mass is 16.7. The summed E-state index contributed by atoms with van der Waals surface area (Å²) in [6.45, 7) is 3.30. The molecule has 0 spiro atoms. The van der Waals surface area contributed by atoms with Crippen LogP contribution in [0, 0.1) is 0 Å². The van der Waals surface area contributed by atoms with Crippen LogP contribution < -0.4 is 24.5 Å². The normalized spacial score (nSPS) is 17.7. The molecule has 0 amide bonds. The van der Waals surface area contributed by atoms with Crippen LogP contribution in [0.1, 0.15) is 38.5 Å². The molecule has 4 aromatic carbocycles. The Bertz CT molecular complexity index is 1650. The third-order valence-electron chi connectivity index (χ3n) is 8.29. The van der Waals surface area contributed by atoms with Crippen molar-refractivity contribution >= 4 is 6.21 Å². The summed E-state index contributed by atoms with van der Waals surface area (Å²) in [5, 5.41) is 5.51. The topological polar surface area (TPSA) is 89.6 Å². The lowest BCUT2D eigenvalue weighted by molar-refractivity contribution is -0.104. The predicted molar refractivity (Wildman–Crippen MR) is 185 cm³/mol. The van der Waals surface area contributed by atoms with Crippen molar-refractivity contribution in [2.24, 2.45) is 5.10 Å². The van der Waals surface area contributed by atoms with E-state index < -0.39 is 0 Å². The molecule has 9 nitrogen and oxygen atoms in total. The van der Waals surface area contributed by atoms with Gasteiger partial charge in [-0.1, -0.05) is 48.5 Å². The highest BCUT2D eigenvalue weighted by molar-refractivity contribution is 5.72. The Morgan fingerprint density at radius 1 is 0.583 bits per heavy atom. The van der Waals surface area contributed by atoms with Crippen LogP contribution in [0.25, 0.3) is 22.3 Å². The zero-order valence-electron chi connectivity index (χ0n) is 27.0. The summed E-state index contributed by atoms with van der Waals surface area (Å²) in [5.74, 6) is 3.58. The van der Waals surface area contributed by atoms with E-state index in [-0.39, 0.29) is 0 Å². The maximum atomic E-state index is 6.04. The predicted octanol–water partition coefficient (Wildman–Crippen LogP) is 7.94. The van der Waals surface area contributed by atoms with Crippen molar-refractivity contribution < 1.29 is 28.5 Å². The molecule has 3 aliphatic heterocycles. The standard InChI is InChI=1S/C39H41N3O6/c1(5-37-27-45-37)3-25-43-33-15-7-29(8-16-33)31-11-19-35(20-12-31)47-39-23-24-40-42(41-39)48-36-21-13-32(14-22-36)30-9-17-34(18-10-30)44-26-4-2-6-38-28-46-38/h7-24,37-38,41H,1-6,25-28H2. The van der Waals surface area contributed by atoms with Crippen LogP contribution in [-0.4, -0.2) is 50.1 Å². The van der Waals surface area contributed by atoms with Crippen LogP contribution in [0.4, 0.5) is 0 Å². The molecule has 3 aliphatic rings. The van der Waals surface area contributed by atoms with Crippen LogP contribution in [0.5, 0.6) is 23.0 Å². The molecule has 0 saturated carbocycles. The van der Waals surface area contributed by atoms with Gasteiger partial charge in [0.25, 0.3) is 0 Å². The van der Waals surface area contributed by atoms with E-state index in [9.17, 15) is 0 Å². The van der Waals surface area contributed by atoms with Crippen molar-refractivity contribution in [1.29, 1.82) is 0 Å². The molecule has 48 heavy (non-hydrogen) atoms. The molecule has 7 rings (SSSR count). The number of epoxide rings is 2. The fourth-order valence-electron chi connectivity index (χ4n) is 5.36. The third kappa shape index (κ3) is 9.53. The van der Waals surface area contributed by atoms with Crippen molar-refractivity contribution in [2.45, 2.75) is 50.7 Å². The zero-order chi connectivity index (χ0) is 32.4. The number of allylic oxidation sites excluding steroid dienone is 1. The van der Waals surface area contributed by atoms with Crippen LogP contribution in [0.15, 0.2) is 114 Å². The van der Waals surface area contributed by atoms with E-state index in [1.807, 2.05) is 72.8 Å². The van der Waals surface area contributed by atoms with Crippen molar-refractivity contribution in [3.63, 3.8) is 0 Å². The van der Waals surface area contributed by atoms with Crippen LogP contribution in [0.2, 0.25) is 0 Å². The van der Waals surface area contributed by atoms with Gasteiger partial charge in [-0.15, -0.1) is 5.10 Å². The summed E-state index contributed by atoms with van der Waals surface area (Å²) in [5.41, 5.74) is 7.42. The zero-order valence-corrected chi connectivity index (χ0v) is 27.0. The number of ether oxygens (including phenoxy) is 5. The largest absolute Gasteiger partial charge is 0.494 e. The van der Waals surface area contributed by atoms with Gasteiger partial charge in [0.1, 0.15) is 17.2 Å². The van der Waals surface area contributed by atoms with Crippen molar-refractivity contribution in [1.82, 2.24) is 10.7 Å². The maximum absolute atomic E-state index is 6.04. The monoisotopic (exact) mass is 647 g/mol. The fourth-order valence-corrected chi connectivity index (χ4v) is 5.36. The molecule has 248 valence electrons. The van der Waals surface area contributed by atoms with Crippen molar-refractivity contribution in [2.75, 3.05) is 26.4 Å². The average molecular weight is 648 g/mol. The number of hydrogen-bond acceptors (Lipinski definition) is 9. The van der Waals surface area contributed by atoms with Gasteiger partial charge in [0.2, 0.25) is 5.88 Å². The number of hydrazone groups is 1. The number of nitrogens with one attached hydrogen (secondary N) is 1. The minimum Gasteiger partial charge on any atom is -0.494 e. The second-order valence-corrected chi connectivity index (χ2v) is 12.1. The first-order valence-electron chi connectivity index (χ1n) is 16.8. The molecule has 0 bridgehead atoms. The van der Waals surface area contributed by atoms with Gasteiger partial charge in [0.05, 0.1) is 44.9 Å². The molecular weight excluding hydrogens is 606 g/mol. The fraction of sp³-hybridized carbons (Fsp3) is 0.308. The maximum Gasteiger partial charge on any atom is 0.217 e. The van der Waals surface area contributed by atoms with Gasteiger partial charge in [0.15, 0.2) is 5.75 Å². The molecule has 9 heteroatoms. The molecule has 3 heterocycles. The summed E-state index contributed by atoms with van der Waals surface area (Å²) in [4.78, 5) is 5.91. The summed E-state index contributed by atoms with van der Waals surface area (Å²) in [6, 6.07) is 32.1. The minimum atomic E-state index is 0.486. The smallest absolute Gasteiger partial charge is 0.217 e.